The average molecular weight is 248 g/mol. The average Bonchev–Trinajstić information content (AvgIpc) is 2.78. The molecule has 0 aliphatic carbocycles. The fraction of sp³-hybridized carbons (Fsp3) is 0.333. The molecule has 6 nitrogen and oxygen atoms in total. The molecule has 0 amide bonds. The molecule has 96 valence electrons. The Kier molecular flexibility index (Phi) is 3.36. The summed E-state index contributed by atoms with van der Waals surface area (Å²) in [4.78, 5) is 8.01. The van der Waals surface area contributed by atoms with Gasteiger partial charge in [-0.2, -0.15) is 4.98 Å². The van der Waals surface area contributed by atoms with E-state index in [0.29, 0.717) is 17.4 Å². The zero-order valence-corrected chi connectivity index (χ0v) is 10.6. The summed E-state index contributed by atoms with van der Waals surface area (Å²) in [5.74, 6) is 2.58. The van der Waals surface area contributed by atoms with Crippen LogP contribution in [-0.2, 0) is 0 Å². The van der Waals surface area contributed by atoms with E-state index in [4.69, 9.17) is 14.9 Å². The van der Waals surface area contributed by atoms with Crippen molar-refractivity contribution in [2.24, 2.45) is 0 Å². The summed E-state index contributed by atoms with van der Waals surface area (Å²) in [6.45, 7) is 3.87. The lowest BCUT2D eigenvalue weighted by Gasteiger charge is -2.14. The number of ether oxygens (including phenoxy) is 1. The number of nitrogens with two attached hydrogens (primary N) is 1. The van der Waals surface area contributed by atoms with E-state index in [0.717, 1.165) is 11.5 Å². The highest BCUT2D eigenvalue weighted by Gasteiger charge is 2.14. The Morgan fingerprint density at radius 1 is 1.39 bits per heavy atom. The topological polar surface area (TPSA) is 86.2 Å². The Hall–Kier alpha value is -2.24. The molecule has 0 aliphatic rings. The number of methoxy groups -OCH3 is 1. The smallest absolute Gasteiger partial charge is 0.242 e. The third-order valence-corrected chi connectivity index (χ3v) is 2.58. The van der Waals surface area contributed by atoms with Crippen LogP contribution in [0.5, 0.6) is 5.88 Å². The van der Waals surface area contributed by atoms with Crippen molar-refractivity contribution in [1.82, 2.24) is 9.97 Å². The Morgan fingerprint density at radius 2 is 2.17 bits per heavy atom. The van der Waals surface area contributed by atoms with Gasteiger partial charge < -0.3 is 20.2 Å². The molecule has 2 heterocycles. The molecule has 18 heavy (non-hydrogen) atoms. The second-order valence-corrected chi connectivity index (χ2v) is 3.96. The second kappa shape index (κ2) is 4.95. The number of rotatable bonds is 4. The molecule has 0 radical (unpaired) electrons. The highest BCUT2D eigenvalue weighted by Crippen LogP contribution is 2.27. The number of nitrogens with zero attached hydrogens (tertiary/aromatic N) is 2. The van der Waals surface area contributed by atoms with E-state index in [1.807, 2.05) is 26.0 Å². The zero-order valence-electron chi connectivity index (χ0n) is 10.6. The molecule has 2 aromatic rings. The molecule has 0 bridgehead atoms. The van der Waals surface area contributed by atoms with Crippen molar-refractivity contribution in [2.75, 3.05) is 18.2 Å². The summed E-state index contributed by atoms with van der Waals surface area (Å²) < 4.78 is 10.6. The first-order valence-electron chi connectivity index (χ1n) is 5.59. The van der Waals surface area contributed by atoms with E-state index in [1.165, 1.54) is 13.4 Å². The number of hydrogen-bond donors (Lipinski definition) is 2. The Morgan fingerprint density at radius 3 is 2.78 bits per heavy atom. The number of furan rings is 1. The van der Waals surface area contributed by atoms with Crippen molar-refractivity contribution >= 4 is 11.5 Å². The van der Waals surface area contributed by atoms with Crippen molar-refractivity contribution in [3.63, 3.8) is 0 Å². The molecule has 0 saturated carbocycles. The maximum atomic E-state index is 5.88. The molecular formula is C12H16N4O2. The van der Waals surface area contributed by atoms with Gasteiger partial charge in [0.25, 0.3) is 0 Å². The molecule has 2 aromatic heterocycles. The van der Waals surface area contributed by atoms with Crippen molar-refractivity contribution in [1.29, 1.82) is 0 Å². The number of nitrogens with one attached hydrogen (secondary N) is 1. The van der Waals surface area contributed by atoms with Crippen LogP contribution in [-0.4, -0.2) is 17.1 Å². The van der Waals surface area contributed by atoms with Gasteiger partial charge in [-0.25, -0.2) is 4.98 Å². The first kappa shape index (κ1) is 12.2. The van der Waals surface area contributed by atoms with Gasteiger partial charge in [-0.3, -0.25) is 0 Å². The molecule has 0 fully saturated rings. The van der Waals surface area contributed by atoms with E-state index >= 15 is 0 Å². The van der Waals surface area contributed by atoms with Crippen molar-refractivity contribution in [3.05, 3.63) is 30.0 Å². The summed E-state index contributed by atoms with van der Waals surface area (Å²) in [6.07, 6.45) is 1.40. The quantitative estimate of drug-likeness (QED) is 0.862. The maximum Gasteiger partial charge on any atom is 0.242 e. The molecule has 0 aliphatic heterocycles. The van der Waals surface area contributed by atoms with E-state index in [9.17, 15) is 0 Å². The fourth-order valence-corrected chi connectivity index (χ4v) is 1.62. The molecule has 0 spiro atoms. The number of aryl methyl sites for hydroxylation is 1. The number of anilines is 2. The van der Waals surface area contributed by atoms with Crippen molar-refractivity contribution in [2.45, 2.75) is 19.9 Å². The number of hydrogen-bond acceptors (Lipinski definition) is 6. The largest absolute Gasteiger partial charge is 0.479 e. The maximum absolute atomic E-state index is 5.88. The molecule has 0 aromatic carbocycles. The van der Waals surface area contributed by atoms with Crippen molar-refractivity contribution < 1.29 is 9.15 Å². The summed E-state index contributed by atoms with van der Waals surface area (Å²) >= 11 is 0. The van der Waals surface area contributed by atoms with Gasteiger partial charge in [0.2, 0.25) is 5.88 Å². The van der Waals surface area contributed by atoms with E-state index in [1.54, 1.807) is 0 Å². The van der Waals surface area contributed by atoms with Crippen LogP contribution in [0.15, 0.2) is 22.9 Å². The van der Waals surface area contributed by atoms with Gasteiger partial charge in [-0.1, -0.05) is 0 Å². The minimum absolute atomic E-state index is 0.0411. The van der Waals surface area contributed by atoms with Crippen LogP contribution in [0.25, 0.3) is 0 Å². The third-order valence-electron chi connectivity index (χ3n) is 2.58. The Bertz CT molecular complexity index is 539. The predicted octanol–water partition coefficient (Wildman–Crippen LogP) is 2.14. The van der Waals surface area contributed by atoms with Crippen LogP contribution in [0.1, 0.15) is 24.5 Å². The first-order chi connectivity index (χ1) is 8.61. The molecule has 2 rings (SSSR count). The van der Waals surface area contributed by atoms with Crippen LogP contribution in [0.4, 0.5) is 11.5 Å². The third kappa shape index (κ3) is 2.37. The minimum Gasteiger partial charge on any atom is -0.479 e. The Labute approximate surface area is 105 Å². The van der Waals surface area contributed by atoms with Crippen LogP contribution in [0.3, 0.4) is 0 Å². The molecule has 1 unspecified atom stereocenters. The van der Waals surface area contributed by atoms with Gasteiger partial charge in [-0.05, 0) is 26.0 Å². The molecule has 0 saturated heterocycles. The van der Waals surface area contributed by atoms with Gasteiger partial charge >= 0.3 is 0 Å². The van der Waals surface area contributed by atoms with E-state index in [-0.39, 0.29) is 6.04 Å². The number of nitrogen functional groups attached to an aromatic ring is 1. The van der Waals surface area contributed by atoms with Crippen LogP contribution < -0.4 is 15.8 Å². The lowest BCUT2D eigenvalue weighted by Crippen LogP contribution is -2.10. The van der Waals surface area contributed by atoms with Gasteiger partial charge in [-0.15, -0.1) is 0 Å². The molecular weight excluding hydrogens is 232 g/mol. The van der Waals surface area contributed by atoms with Gasteiger partial charge in [0.05, 0.1) is 13.2 Å². The van der Waals surface area contributed by atoms with Gasteiger partial charge in [0, 0.05) is 0 Å². The lowest BCUT2D eigenvalue weighted by molar-refractivity contribution is 0.399. The van der Waals surface area contributed by atoms with Gasteiger partial charge in [0.15, 0.2) is 5.82 Å². The monoisotopic (exact) mass is 248 g/mol. The minimum atomic E-state index is -0.0411. The lowest BCUT2D eigenvalue weighted by atomic mass is 10.2. The summed E-state index contributed by atoms with van der Waals surface area (Å²) in [5, 5.41) is 3.16. The summed E-state index contributed by atoms with van der Waals surface area (Å²) in [6, 6.07) is 3.79. The molecule has 6 heteroatoms. The second-order valence-electron chi connectivity index (χ2n) is 3.96. The standard InChI is InChI=1S/C12H16N4O2/c1-7-4-5-9(18-7)8(2)16-11-10(13)12(17-3)15-6-14-11/h4-6,8H,13H2,1-3H3,(H,14,15,16). The highest BCUT2D eigenvalue weighted by molar-refractivity contribution is 5.66. The van der Waals surface area contributed by atoms with Crippen LogP contribution in [0, 0.1) is 6.92 Å². The zero-order chi connectivity index (χ0) is 13.1. The predicted molar refractivity (Wildman–Crippen MR) is 68.5 cm³/mol. The highest BCUT2D eigenvalue weighted by atomic mass is 16.5. The van der Waals surface area contributed by atoms with Crippen molar-refractivity contribution in [3.8, 4) is 5.88 Å². The first-order valence-corrected chi connectivity index (χ1v) is 5.59. The van der Waals surface area contributed by atoms with Crippen LogP contribution in [0.2, 0.25) is 0 Å². The van der Waals surface area contributed by atoms with E-state index in [2.05, 4.69) is 15.3 Å². The van der Waals surface area contributed by atoms with Crippen LogP contribution >= 0.6 is 0 Å². The summed E-state index contributed by atoms with van der Waals surface area (Å²) in [5.41, 5.74) is 6.27. The Balaban J connectivity index is 2.19. The van der Waals surface area contributed by atoms with E-state index < -0.39 is 0 Å². The molecule has 1 atom stereocenters. The van der Waals surface area contributed by atoms with Gasteiger partial charge in [0.1, 0.15) is 23.5 Å². The molecule has 3 N–H and O–H groups in total. The SMILES string of the molecule is COc1ncnc(NC(C)c2ccc(C)o2)c1N. The number of aromatic nitrogens is 2. The normalized spacial score (nSPS) is 12.2. The summed E-state index contributed by atoms with van der Waals surface area (Å²) in [7, 11) is 1.52. The fourth-order valence-electron chi connectivity index (χ4n) is 1.62.